The number of benzene rings is 1. The quantitative estimate of drug-likeness (QED) is 0.877. The molecule has 6 nitrogen and oxygen atoms in total. The van der Waals surface area contributed by atoms with Crippen LogP contribution in [0.25, 0.3) is 0 Å². The molecule has 102 valence electrons. The molecule has 0 saturated heterocycles. The predicted octanol–water partition coefficient (Wildman–Crippen LogP) is 1.55. The third-order valence-electron chi connectivity index (χ3n) is 2.40. The SMILES string of the molecule is COc1cc(Cl)ccc1S(=O)(=O)NCc1ncc[nH]1. The summed E-state index contributed by atoms with van der Waals surface area (Å²) < 4.78 is 31.7. The van der Waals surface area contributed by atoms with Crippen LogP contribution >= 0.6 is 11.6 Å². The average molecular weight is 302 g/mol. The van der Waals surface area contributed by atoms with Crippen molar-refractivity contribution >= 4 is 21.6 Å². The van der Waals surface area contributed by atoms with Crippen molar-refractivity contribution in [3.8, 4) is 5.75 Å². The lowest BCUT2D eigenvalue weighted by Crippen LogP contribution is -2.24. The number of nitrogens with zero attached hydrogens (tertiary/aromatic N) is 1. The van der Waals surface area contributed by atoms with Crippen molar-refractivity contribution in [1.29, 1.82) is 0 Å². The van der Waals surface area contributed by atoms with Crippen molar-refractivity contribution in [2.24, 2.45) is 0 Å². The smallest absolute Gasteiger partial charge is 0.244 e. The molecular weight excluding hydrogens is 290 g/mol. The maximum absolute atomic E-state index is 12.1. The summed E-state index contributed by atoms with van der Waals surface area (Å²) in [6.45, 7) is 0.0705. The fourth-order valence-electron chi connectivity index (χ4n) is 1.50. The van der Waals surface area contributed by atoms with E-state index in [0.29, 0.717) is 10.8 Å². The Morgan fingerprint density at radius 3 is 2.89 bits per heavy atom. The van der Waals surface area contributed by atoms with Gasteiger partial charge in [0.25, 0.3) is 0 Å². The second kappa shape index (κ2) is 5.60. The zero-order valence-corrected chi connectivity index (χ0v) is 11.6. The first-order valence-electron chi connectivity index (χ1n) is 5.34. The normalized spacial score (nSPS) is 11.5. The van der Waals surface area contributed by atoms with Gasteiger partial charge in [0.05, 0.1) is 13.7 Å². The number of halogens is 1. The molecule has 0 aliphatic carbocycles. The van der Waals surface area contributed by atoms with Gasteiger partial charge in [-0.15, -0.1) is 0 Å². The Balaban J connectivity index is 2.24. The first-order chi connectivity index (χ1) is 9.03. The summed E-state index contributed by atoms with van der Waals surface area (Å²) in [7, 11) is -2.30. The summed E-state index contributed by atoms with van der Waals surface area (Å²) in [5.74, 6) is 0.718. The largest absolute Gasteiger partial charge is 0.495 e. The van der Waals surface area contributed by atoms with Crippen LogP contribution in [0, 0.1) is 0 Å². The van der Waals surface area contributed by atoms with Gasteiger partial charge in [-0.05, 0) is 12.1 Å². The van der Waals surface area contributed by atoms with Crippen LogP contribution in [0.3, 0.4) is 0 Å². The van der Waals surface area contributed by atoms with E-state index in [0.717, 1.165) is 0 Å². The third kappa shape index (κ3) is 3.25. The zero-order valence-electron chi connectivity index (χ0n) is 10.1. The Hall–Kier alpha value is -1.57. The van der Waals surface area contributed by atoms with Gasteiger partial charge < -0.3 is 9.72 Å². The number of aromatic nitrogens is 2. The molecule has 0 amide bonds. The van der Waals surface area contributed by atoms with Crippen molar-refractivity contribution in [2.75, 3.05) is 7.11 Å². The van der Waals surface area contributed by atoms with E-state index in [4.69, 9.17) is 16.3 Å². The van der Waals surface area contributed by atoms with Gasteiger partial charge in [0.2, 0.25) is 10.0 Å². The van der Waals surface area contributed by atoms with Crippen LogP contribution in [0.5, 0.6) is 5.75 Å². The molecule has 1 aromatic carbocycles. The van der Waals surface area contributed by atoms with Crippen LogP contribution in [0.2, 0.25) is 5.02 Å². The molecule has 8 heteroatoms. The summed E-state index contributed by atoms with van der Waals surface area (Å²) >= 11 is 5.79. The number of ether oxygens (including phenoxy) is 1. The maximum atomic E-state index is 12.1. The molecule has 0 aliphatic rings. The topological polar surface area (TPSA) is 84.1 Å². The van der Waals surface area contributed by atoms with Crippen LogP contribution in [-0.4, -0.2) is 25.5 Å². The Morgan fingerprint density at radius 1 is 1.47 bits per heavy atom. The van der Waals surface area contributed by atoms with E-state index in [2.05, 4.69) is 14.7 Å². The molecule has 0 atom stereocenters. The maximum Gasteiger partial charge on any atom is 0.244 e. The second-order valence-corrected chi connectivity index (χ2v) is 5.83. The van der Waals surface area contributed by atoms with Gasteiger partial charge in [-0.25, -0.2) is 18.1 Å². The highest BCUT2D eigenvalue weighted by atomic mass is 35.5. The zero-order chi connectivity index (χ0) is 13.9. The molecule has 1 heterocycles. The molecule has 0 aliphatic heterocycles. The Morgan fingerprint density at radius 2 is 2.26 bits per heavy atom. The molecule has 2 rings (SSSR count). The summed E-state index contributed by atoms with van der Waals surface area (Å²) in [4.78, 5) is 6.78. The minimum Gasteiger partial charge on any atom is -0.495 e. The van der Waals surface area contributed by atoms with Crippen LogP contribution in [0.1, 0.15) is 5.82 Å². The lowest BCUT2D eigenvalue weighted by atomic mass is 10.3. The molecule has 0 saturated carbocycles. The van der Waals surface area contributed by atoms with Crippen LogP contribution in [0.15, 0.2) is 35.5 Å². The predicted molar refractivity (Wildman–Crippen MR) is 70.6 cm³/mol. The number of nitrogens with one attached hydrogen (secondary N) is 2. The lowest BCUT2D eigenvalue weighted by molar-refractivity contribution is 0.402. The minimum absolute atomic E-state index is 0.0333. The van der Waals surface area contributed by atoms with E-state index in [9.17, 15) is 8.42 Å². The number of sulfonamides is 1. The number of hydrogen-bond donors (Lipinski definition) is 2. The number of hydrogen-bond acceptors (Lipinski definition) is 4. The monoisotopic (exact) mass is 301 g/mol. The molecule has 0 fully saturated rings. The van der Waals surface area contributed by atoms with Gasteiger partial charge in [-0.1, -0.05) is 11.6 Å². The highest BCUT2D eigenvalue weighted by molar-refractivity contribution is 7.89. The molecule has 0 spiro atoms. The van der Waals surface area contributed by atoms with Crippen molar-refractivity contribution in [3.05, 3.63) is 41.4 Å². The van der Waals surface area contributed by atoms with Crippen LogP contribution in [-0.2, 0) is 16.6 Å². The Labute approximate surface area is 115 Å². The molecule has 2 aromatic rings. The average Bonchev–Trinajstić information content (AvgIpc) is 2.89. The molecule has 2 N–H and O–H groups in total. The fourth-order valence-corrected chi connectivity index (χ4v) is 2.80. The molecule has 1 aromatic heterocycles. The molecule has 0 unspecified atom stereocenters. The van der Waals surface area contributed by atoms with Gasteiger partial charge in [-0.2, -0.15) is 0 Å². The molecular formula is C11H12ClN3O3S. The number of rotatable bonds is 5. The van der Waals surface area contributed by atoms with E-state index in [1.165, 1.54) is 25.3 Å². The first kappa shape index (κ1) is 13.9. The minimum atomic E-state index is -3.69. The van der Waals surface area contributed by atoms with Crippen LogP contribution < -0.4 is 9.46 Å². The summed E-state index contributed by atoms with van der Waals surface area (Å²) in [5, 5.41) is 0.404. The van der Waals surface area contributed by atoms with Crippen molar-refractivity contribution in [3.63, 3.8) is 0 Å². The van der Waals surface area contributed by atoms with E-state index >= 15 is 0 Å². The number of H-pyrrole nitrogens is 1. The lowest BCUT2D eigenvalue weighted by Gasteiger charge is -2.10. The fraction of sp³-hybridized carbons (Fsp3) is 0.182. The van der Waals surface area contributed by atoms with E-state index < -0.39 is 10.0 Å². The number of aromatic amines is 1. The van der Waals surface area contributed by atoms with E-state index in [1.807, 2.05) is 0 Å². The van der Waals surface area contributed by atoms with Crippen molar-refractivity contribution in [1.82, 2.24) is 14.7 Å². The summed E-state index contributed by atoms with van der Waals surface area (Å²) in [5.41, 5.74) is 0. The highest BCUT2D eigenvalue weighted by Gasteiger charge is 2.19. The van der Waals surface area contributed by atoms with Gasteiger partial charge in [0.1, 0.15) is 16.5 Å². The van der Waals surface area contributed by atoms with Gasteiger partial charge in [-0.3, -0.25) is 0 Å². The standard InChI is InChI=1S/C11H12ClN3O3S/c1-18-9-6-8(12)2-3-10(9)19(16,17)15-7-11-13-4-5-14-11/h2-6,15H,7H2,1H3,(H,13,14). The third-order valence-corrected chi connectivity index (χ3v) is 4.08. The van der Waals surface area contributed by atoms with Crippen molar-refractivity contribution < 1.29 is 13.2 Å². The second-order valence-electron chi connectivity index (χ2n) is 3.66. The van der Waals surface area contributed by atoms with E-state index in [1.54, 1.807) is 12.4 Å². The number of methoxy groups -OCH3 is 1. The molecule has 0 bridgehead atoms. The summed E-state index contributed by atoms with van der Waals surface area (Å²) in [6, 6.07) is 4.33. The van der Waals surface area contributed by atoms with Crippen molar-refractivity contribution in [2.45, 2.75) is 11.4 Å². The highest BCUT2D eigenvalue weighted by Crippen LogP contribution is 2.26. The Kier molecular flexibility index (Phi) is 4.08. The Bertz CT molecular complexity index is 656. The van der Waals surface area contributed by atoms with Gasteiger partial charge in [0, 0.05) is 23.5 Å². The number of imidazole rings is 1. The van der Waals surface area contributed by atoms with E-state index in [-0.39, 0.29) is 17.2 Å². The molecule has 0 radical (unpaired) electrons. The first-order valence-corrected chi connectivity index (χ1v) is 7.20. The molecule has 19 heavy (non-hydrogen) atoms. The van der Waals surface area contributed by atoms with Gasteiger partial charge in [0.15, 0.2) is 0 Å². The summed E-state index contributed by atoms with van der Waals surface area (Å²) in [6.07, 6.45) is 3.17. The van der Waals surface area contributed by atoms with Gasteiger partial charge >= 0.3 is 0 Å². The van der Waals surface area contributed by atoms with Crippen LogP contribution in [0.4, 0.5) is 0 Å².